The van der Waals surface area contributed by atoms with Crippen LogP contribution in [0.1, 0.15) is 36.1 Å². The molecule has 0 aliphatic heterocycles. The lowest BCUT2D eigenvalue weighted by Gasteiger charge is -2.29. The molecule has 0 atom stereocenters. The molecule has 21 heavy (non-hydrogen) atoms. The van der Waals surface area contributed by atoms with Crippen molar-refractivity contribution < 1.29 is 0 Å². The fraction of sp³-hybridized carbons (Fsp3) is 0.333. The Morgan fingerprint density at radius 1 is 0.762 bits per heavy atom. The molecule has 0 aromatic carbocycles. The zero-order chi connectivity index (χ0) is 14.8. The number of allylic oxidation sites excluding steroid dienone is 2. The van der Waals surface area contributed by atoms with E-state index in [9.17, 15) is 0 Å². The van der Waals surface area contributed by atoms with E-state index in [-0.39, 0.29) is 0 Å². The summed E-state index contributed by atoms with van der Waals surface area (Å²) in [7, 11) is -1.62. The Balaban J connectivity index is 1.90. The first-order valence-electron chi connectivity index (χ1n) is 7.51. The molecule has 2 aliphatic carbocycles. The summed E-state index contributed by atoms with van der Waals surface area (Å²) in [6, 6.07) is 0. The van der Waals surface area contributed by atoms with Gasteiger partial charge in [0.25, 0.3) is 0 Å². The fourth-order valence-corrected chi connectivity index (χ4v) is 10.7. The lowest BCUT2D eigenvalue weighted by Crippen LogP contribution is -2.30. The smallest absolute Gasteiger partial charge is 0.113 e. The predicted octanol–water partition coefficient (Wildman–Crippen LogP) is 5.96. The maximum atomic E-state index is 2.56. The molecule has 2 aliphatic rings. The third kappa shape index (κ3) is 1.84. The summed E-state index contributed by atoms with van der Waals surface area (Å²) in [5.74, 6) is 0. The third-order valence-corrected chi connectivity index (χ3v) is 10.5. The van der Waals surface area contributed by atoms with Crippen LogP contribution in [0.3, 0.4) is 0 Å². The Kier molecular flexibility index (Phi) is 2.97. The van der Waals surface area contributed by atoms with E-state index in [1.807, 2.05) is 22.7 Å². The lowest BCUT2D eigenvalue weighted by molar-refractivity contribution is 1.20. The number of hydrogen-bond donors (Lipinski definition) is 0. The summed E-state index contributed by atoms with van der Waals surface area (Å²) in [5, 5.41) is 12.9. The van der Waals surface area contributed by atoms with Gasteiger partial charge in [0, 0.05) is 0 Å². The molecule has 0 N–H and O–H groups in total. The summed E-state index contributed by atoms with van der Waals surface area (Å²) < 4.78 is 0. The van der Waals surface area contributed by atoms with Crippen molar-refractivity contribution in [1.82, 2.24) is 0 Å². The van der Waals surface area contributed by atoms with E-state index in [2.05, 4.69) is 48.5 Å². The van der Waals surface area contributed by atoms with Crippen molar-refractivity contribution in [2.24, 2.45) is 0 Å². The zero-order valence-corrected chi connectivity index (χ0v) is 15.7. The Bertz CT molecular complexity index is 733. The molecular weight excluding hydrogens is 308 g/mol. The third-order valence-electron chi connectivity index (χ3n) is 5.04. The number of thiophene rings is 2. The van der Waals surface area contributed by atoms with Crippen LogP contribution >= 0.6 is 22.7 Å². The molecule has 4 rings (SSSR count). The molecule has 2 aromatic rings. The van der Waals surface area contributed by atoms with Gasteiger partial charge in [-0.3, -0.25) is 0 Å². The highest BCUT2D eigenvalue weighted by molar-refractivity contribution is 7.12. The van der Waals surface area contributed by atoms with Gasteiger partial charge in [-0.05, 0) is 80.9 Å². The summed E-state index contributed by atoms with van der Waals surface area (Å²) >= 11 is 3.74. The van der Waals surface area contributed by atoms with Crippen molar-refractivity contribution in [3.8, 4) is 0 Å². The van der Waals surface area contributed by atoms with Crippen molar-refractivity contribution in [2.75, 3.05) is 0 Å². The summed E-state index contributed by atoms with van der Waals surface area (Å²) in [4.78, 5) is 0. The molecule has 2 heterocycles. The molecule has 2 aromatic heterocycles. The second-order valence-corrected chi connectivity index (χ2v) is 12.6. The number of fused-ring (bicyclic) bond motifs is 2. The highest BCUT2D eigenvalue weighted by Crippen LogP contribution is 2.49. The second kappa shape index (κ2) is 4.54. The highest BCUT2D eigenvalue weighted by atomic mass is 32.1. The first-order chi connectivity index (χ1) is 10.00. The normalized spacial score (nSPS) is 17.7. The lowest BCUT2D eigenvalue weighted by atomic mass is 10.2. The molecular formula is C18H20S2Si. The van der Waals surface area contributed by atoms with Gasteiger partial charge in [-0.15, -0.1) is 0 Å². The van der Waals surface area contributed by atoms with Crippen LogP contribution < -0.4 is 0 Å². The van der Waals surface area contributed by atoms with Crippen LogP contribution in [0.15, 0.2) is 32.7 Å². The van der Waals surface area contributed by atoms with Gasteiger partial charge in [-0.1, -0.05) is 24.2 Å². The Labute approximate surface area is 135 Å². The Morgan fingerprint density at radius 3 is 1.62 bits per heavy atom. The molecule has 108 valence electrons. The van der Waals surface area contributed by atoms with Crippen molar-refractivity contribution >= 4 is 41.1 Å². The minimum Gasteiger partial charge on any atom is -0.151 e. The average Bonchev–Trinajstić information content (AvgIpc) is 3.07. The van der Waals surface area contributed by atoms with E-state index >= 15 is 0 Å². The summed E-state index contributed by atoms with van der Waals surface area (Å²) in [6.07, 6.45) is 2.35. The van der Waals surface area contributed by atoms with Crippen LogP contribution in [0.25, 0.3) is 10.4 Å². The maximum Gasteiger partial charge on any atom is 0.113 e. The van der Waals surface area contributed by atoms with E-state index < -0.39 is 8.07 Å². The number of rotatable bonds is 2. The summed E-state index contributed by atoms with van der Waals surface area (Å²) in [6.45, 7) is 9.83. The minimum atomic E-state index is -1.62. The van der Waals surface area contributed by atoms with Gasteiger partial charge in [0.05, 0.1) is 0 Å². The van der Waals surface area contributed by atoms with E-state index in [1.165, 1.54) is 12.8 Å². The van der Waals surface area contributed by atoms with Crippen LogP contribution in [-0.2, 0) is 12.8 Å². The molecule has 0 amide bonds. The average molecular weight is 329 g/mol. The van der Waals surface area contributed by atoms with Crippen LogP contribution in [-0.4, -0.2) is 8.07 Å². The maximum absolute atomic E-state index is 2.56. The molecule has 0 saturated heterocycles. The van der Waals surface area contributed by atoms with Gasteiger partial charge in [-0.25, -0.2) is 0 Å². The molecule has 3 heteroatoms. The van der Waals surface area contributed by atoms with Crippen molar-refractivity contribution in [2.45, 2.75) is 39.8 Å². The zero-order valence-electron chi connectivity index (χ0n) is 13.0. The largest absolute Gasteiger partial charge is 0.151 e. The van der Waals surface area contributed by atoms with Crippen LogP contribution in [0.2, 0.25) is 13.1 Å². The standard InChI is InChI=1S/C18H20S2Si/c1-11-5-13-7-19-9-15(13)17(11)21(3,4)18-12(2)6-14-8-20-10-16(14)18/h7-10H,5-6H2,1-4H3. The number of hydrogen-bond acceptors (Lipinski definition) is 2. The minimum absolute atomic E-state index is 1.17. The van der Waals surface area contributed by atoms with E-state index in [1.54, 1.807) is 43.8 Å². The molecule has 0 bridgehead atoms. The van der Waals surface area contributed by atoms with E-state index in [4.69, 9.17) is 0 Å². The SMILES string of the molecule is CC1=C([Si](C)(C)C2=C(C)Cc3cscc32)c2cscc2C1. The van der Waals surface area contributed by atoms with Gasteiger partial charge in [0.2, 0.25) is 0 Å². The van der Waals surface area contributed by atoms with Gasteiger partial charge in [-0.2, -0.15) is 22.7 Å². The van der Waals surface area contributed by atoms with Crippen molar-refractivity contribution in [3.05, 3.63) is 54.9 Å². The quantitative estimate of drug-likeness (QED) is 0.597. The van der Waals surface area contributed by atoms with Gasteiger partial charge < -0.3 is 0 Å². The fourth-order valence-electron chi connectivity index (χ4n) is 4.43. The molecule has 0 saturated carbocycles. The van der Waals surface area contributed by atoms with Gasteiger partial charge in [0.1, 0.15) is 8.07 Å². The van der Waals surface area contributed by atoms with Crippen LogP contribution in [0.4, 0.5) is 0 Å². The van der Waals surface area contributed by atoms with E-state index in [0.29, 0.717) is 0 Å². The summed E-state index contributed by atoms with van der Waals surface area (Å²) in [5.41, 5.74) is 9.50. The predicted molar refractivity (Wildman–Crippen MR) is 98.7 cm³/mol. The molecule has 0 nitrogen and oxygen atoms in total. The van der Waals surface area contributed by atoms with Gasteiger partial charge >= 0.3 is 0 Å². The second-order valence-electron chi connectivity index (χ2n) is 6.91. The van der Waals surface area contributed by atoms with E-state index in [0.717, 1.165) is 0 Å². The first kappa shape index (κ1) is 13.7. The van der Waals surface area contributed by atoms with Crippen molar-refractivity contribution in [3.63, 3.8) is 0 Å². The Morgan fingerprint density at radius 2 is 1.19 bits per heavy atom. The van der Waals surface area contributed by atoms with Crippen LogP contribution in [0.5, 0.6) is 0 Å². The molecule has 0 radical (unpaired) electrons. The van der Waals surface area contributed by atoms with Crippen molar-refractivity contribution in [1.29, 1.82) is 0 Å². The van der Waals surface area contributed by atoms with Gasteiger partial charge in [0.15, 0.2) is 0 Å². The first-order valence-corrected chi connectivity index (χ1v) is 12.4. The topological polar surface area (TPSA) is 0 Å². The molecule has 0 spiro atoms. The van der Waals surface area contributed by atoms with Crippen LogP contribution in [0, 0.1) is 0 Å². The monoisotopic (exact) mass is 328 g/mol. The molecule has 0 fully saturated rings. The Hall–Kier alpha value is -0.903. The molecule has 0 unspecified atom stereocenters. The highest BCUT2D eigenvalue weighted by Gasteiger charge is 2.40.